The number of hydrogen-bond donors (Lipinski definition) is 12. The predicted molar refractivity (Wildman–Crippen MR) is 228 cm³/mol. The van der Waals surface area contributed by atoms with Gasteiger partial charge in [-0.1, -0.05) is 32.4 Å². The number of primary amides is 3. The number of nitrogens with one attached hydrogen (secondary N) is 7. The molecule has 350 valence electrons. The van der Waals surface area contributed by atoms with Crippen LogP contribution < -0.4 is 60.2 Å². The Labute approximate surface area is 368 Å². The van der Waals surface area contributed by atoms with Crippen LogP contribution in [0.1, 0.15) is 51.5 Å². The van der Waals surface area contributed by atoms with E-state index < -0.39 is 140 Å². The summed E-state index contributed by atoms with van der Waals surface area (Å²) in [6, 6.07) is -2.49. The van der Waals surface area contributed by atoms with Crippen LogP contribution in [0.4, 0.5) is 0 Å². The van der Waals surface area contributed by atoms with Crippen LogP contribution in [-0.4, -0.2) is 150 Å². The van der Waals surface area contributed by atoms with Crippen LogP contribution >= 0.6 is 11.8 Å². The summed E-state index contributed by atoms with van der Waals surface area (Å²) in [5, 5.41) is 26.2. The highest BCUT2D eigenvalue weighted by Crippen LogP contribution is 2.13. The lowest BCUT2D eigenvalue weighted by atomic mass is 9.96. The second-order valence-corrected chi connectivity index (χ2v) is 15.5. The maximum atomic E-state index is 13.7. The van der Waals surface area contributed by atoms with E-state index in [0.717, 1.165) is 4.90 Å². The summed E-state index contributed by atoms with van der Waals surface area (Å²) in [7, 11) is 1.18. The highest BCUT2D eigenvalue weighted by molar-refractivity contribution is 7.98. The Morgan fingerprint density at radius 1 is 0.762 bits per heavy atom. The average molecular weight is 909 g/mol. The van der Waals surface area contributed by atoms with Gasteiger partial charge in [0, 0.05) is 20.0 Å². The molecule has 1 aromatic carbocycles. The summed E-state index contributed by atoms with van der Waals surface area (Å²) in [6.45, 7) is 1.72. The van der Waals surface area contributed by atoms with Gasteiger partial charge in [-0.3, -0.25) is 52.7 Å². The lowest BCUT2D eigenvalue weighted by Gasteiger charge is -2.29. The highest BCUT2D eigenvalue weighted by Gasteiger charge is 2.35. The third kappa shape index (κ3) is 20.7. The van der Waals surface area contributed by atoms with E-state index in [1.807, 2.05) is 0 Å². The van der Waals surface area contributed by atoms with Crippen molar-refractivity contribution in [1.82, 2.24) is 42.1 Å². The number of benzene rings is 1. The Morgan fingerprint density at radius 2 is 1.35 bits per heavy atom. The van der Waals surface area contributed by atoms with Gasteiger partial charge in [-0.2, -0.15) is 11.8 Å². The predicted octanol–water partition coefficient (Wildman–Crippen LogP) is -5.57. The first-order valence-electron chi connectivity index (χ1n) is 19.7. The number of phenols is 1. The van der Waals surface area contributed by atoms with E-state index in [0.29, 0.717) is 17.7 Å². The first-order valence-corrected chi connectivity index (χ1v) is 21.1. The number of carbonyl (C=O) groups is 11. The number of hydrogen-bond acceptors (Lipinski definition) is 14. The van der Waals surface area contributed by atoms with Crippen molar-refractivity contribution in [3.05, 3.63) is 29.8 Å². The minimum Gasteiger partial charge on any atom is -0.508 e. The molecule has 0 aliphatic rings. The molecule has 0 unspecified atom stereocenters. The normalized spacial score (nSPS) is 14.0. The van der Waals surface area contributed by atoms with Crippen molar-refractivity contribution < 1.29 is 57.8 Å². The van der Waals surface area contributed by atoms with Gasteiger partial charge in [0.15, 0.2) is 0 Å². The molecule has 0 fully saturated rings. The molecular formula is C38H60N12O12S. The molecule has 0 aliphatic carbocycles. The molecule has 16 N–H and O–H groups in total. The molecule has 0 spiro atoms. The summed E-state index contributed by atoms with van der Waals surface area (Å²) < 4.78 is 0. The molecule has 0 heterocycles. The number of amides is 11. The fraction of sp³-hybridized carbons (Fsp3) is 0.553. The number of aromatic hydroxyl groups is 1. The quantitative estimate of drug-likeness (QED) is 0.0321. The third-order valence-electron chi connectivity index (χ3n) is 9.35. The maximum Gasteiger partial charge on any atom is 0.247 e. The van der Waals surface area contributed by atoms with Crippen LogP contribution in [0.3, 0.4) is 0 Å². The van der Waals surface area contributed by atoms with E-state index in [1.165, 1.54) is 30.9 Å². The summed E-state index contributed by atoms with van der Waals surface area (Å²) in [4.78, 5) is 140. The molecule has 0 radical (unpaired) electrons. The van der Waals surface area contributed by atoms with Crippen molar-refractivity contribution in [2.75, 3.05) is 38.7 Å². The van der Waals surface area contributed by atoms with Crippen LogP contribution in [-0.2, 0) is 59.2 Å². The minimum absolute atomic E-state index is 0.0111. The fourth-order valence-electron chi connectivity index (χ4n) is 5.68. The number of nitrogens with zero attached hydrogens (tertiary/aromatic N) is 1. The zero-order valence-electron chi connectivity index (χ0n) is 35.6. The molecule has 63 heavy (non-hydrogen) atoms. The smallest absolute Gasteiger partial charge is 0.247 e. The van der Waals surface area contributed by atoms with Gasteiger partial charge in [-0.15, -0.1) is 0 Å². The second-order valence-electron chi connectivity index (χ2n) is 14.5. The molecule has 0 saturated heterocycles. The van der Waals surface area contributed by atoms with Gasteiger partial charge in [-0.05, 0) is 54.9 Å². The number of carbonyl (C=O) groups excluding carboxylic acids is 11. The SMILES string of the molecule is CC[C@H](C)[C@H](NC(=O)[C@@H](N)Cc1ccc(O)cc1)C(=O)N[C@@H](CCC(N)=O)C(=O)N[C@@H](CC(N)=O)C(=O)N[C@@H](CNC=O)C(=O)N(C)CC(=O)N[C@@H](CCSC)C(=O)NCC(N)=O. The lowest BCUT2D eigenvalue weighted by molar-refractivity contribution is -0.140. The van der Waals surface area contributed by atoms with Gasteiger partial charge in [0.1, 0.15) is 36.0 Å². The molecule has 1 aromatic rings. The largest absolute Gasteiger partial charge is 0.508 e. The van der Waals surface area contributed by atoms with Gasteiger partial charge in [0.05, 0.1) is 25.6 Å². The van der Waals surface area contributed by atoms with Crippen molar-refractivity contribution in [2.45, 2.75) is 88.6 Å². The number of phenolic OH excluding ortho intramolecular Hbond substituents is 1. The van der Waals surface area contributed by atoms with E-state index in [2.05, 4.69) is 37.2 Å². The van der Waals surface area contributed by atoms with Gasteiger partial charge < -0.3 is 70.2 Å². The number of likely N-dealkylation sites (N-methyl/N-ethyl adjacent to an activating group) is 1. The zero-order valence-corrected chi connectivity index (χ0v) is 36.4. The first kappa shape index (κ1) is 54.5. The Hall–Kier alpha value is -6.50. The second kappa shape index (κ2) is 28.2. The maximum absolute atomic E-state index is 13.7. The van der Waals surface area contributed by atoms with Crippen molar-refractivity contribution in [3.63, 3.8) is 0 Å². The van der Waals surface area contributed by atoms with E-state index >= 15 is 0 Å². The molecule has 0 bridgehead atoms. The summed E-state index contributed by atoms with van der Waals surface area (Å²) in [5.41, 5.74) is 22.5. The Kier molecular flexibility index (Phi) is 24.4. The number of thioether (sulfide) groups is 1. The summed E-state index contributed by atoms with van der Waals surface area (Å²) >= 11 is 1.38. The molecular weight excluding hydrogens is 849 g/mol. The van der Waals surface area contributed by atoms with Crippen molar-refractivity contribution >= 4 is 77.2 Å². The fourth-order valence-corrected chi connectivity index (χ4v) is 6.15. The van der Waals surface area contributed by atoms with Crippen LogP contribution in [0.2, 0.25) is 0 Å². The van der Waals surface area contributed by atoms with Gasteiger partial charge in [-0.25, -0.2) is 0 Å². The Bertz CT molecular complexity index is 1790. The van der Waals surface area contributed by atoms with Gasteiger partial charge in [0.2, 0.25) is 65.5 Å². The van der Waals surface area contributed by atoms with E-state index in [-0.39, 0.29) is 25.0 Å². The molecule has 1 rings (SSSR count). The molecule has 0 aliphatic heterocycles. The number of rotatable bonds is 30. The summed E-state index contributed by atoms with van der Waals surface area (Å²) in [6.07, 6.45) is 0.886. The van der Waals surface area contributed by atoms with Gasteiger partial charge in [0.25, 0.3) is 0 Å². The Morgan fingerprint density at radius 3 is 1.90 bits per heavy atom. The highest BCUT2D eigenvalue weighted by atomic mass is 32.2. The molecule has 0 saturated carbocycles. The van der Waals surface area contributed by atoms with Crippen LogP contribution in [0.15, 0.2) is 24.3 Å². The standard InChI is InChI=1S/C38H60N12O12S/c1-5-20(2)32(49-33(57)23(39)14-21-6-8-22(52)9-7-21)37(61)46-24(10-11-28(40)53)35(59)47-26(15-29(41)54)36(60)48-27(16-43-19-51)38(62)50(3)18-31(56)45-25(12-13-63-4)34(58)44-17-30(42)55/h6-9,19-20,23-27,32,52H,5,10-18,39H2,1-4H3,(H2,40,53)(H2,41,54)(H2,42,55)(H,43,51)(H,44,58)(H,45,56)(H,46,61)(H,47,59)(H,48,60)(H,49,57)/t20-,23-,24-,25-,26-,27-,32-/m0/s1. The van der Waals surface area contributed by atoms with Crippen LogP contribution in [0.25, 0.3) is 0 Å². The average Bonchev–Trinajstić information content (AvgIpc) is 3.22. The van der Waals surface area contributed by atoms with E-state index in [4.69, 9.17) is 22.9 Å². The molecule has 24 nitrogen and oxygen atoms in total. The lowest BCUT2D eigenvalue weighted by Crippen LogP contribution is -2.61. The van der Waals surface area contributed by atoms with E-state index in [1.54, 1.807) is 32.2 Å². The molecule has 7 atom stereocenters. The monoisotopic (exact) mass is 908 g/mol. The van der Waals surface area contributed by atoms with Crippen LogP contribution in [0.5, 0.6) is 5.75 Å². The molecule has 0 aromatic heterocycles. The van der Waals surface area contributed by atoms with Crippen molar-refractivity contribution in [2.24, 2.45) is 28.9 Å². The topological polar surface area (TPSA) is 400 Å². The van der Waals surface area contributed by atoms with Crippen molar-refractivity contribution in [1.29, 1.82) is 0 Å². The first-order chi connectivity index (χ1) is 29.6. The molecule has 25 heteroatoms. The van der Waals surface area contributed by atoms with Crippen LogP contribution in [0, 0.1) is 5.92 Å². The molecule has 11 amide bonds. The van der Waals surface area contributed by atoms with E-state index in [9.17, 15) is 57.8 Å². The number of nitrogens with two attached hydrogens (primary N) is 4. The summed E-state index contributed by atoms with van der Waals surface area (Å²) in [5.74, 6) is -9.11. The minimum atomic E-state index is -1.80. The van der Waals surface area contributed by atoms with Crippen molar-refractivity contribution in [3.8, 4) is 5.75 Å². The van der Waals surface area contributed by atoms with Gasteiger partial charge >= 0.3 is 0 Å². The Balaban J connectivity index is 3.26. The third-order valence-corrected chi connectivity index (χ3v) is 9.99. The zero-order chi connectivity index (χ0) is 47.8.